The second kappa shape index (κ2) is 3.23. The minimum absolute atomic E-state index is 0.751. The molecule has 60 valence electrons. The molecular weight excluding hydrogens is 142 g/mol. The summed E-state index contributed by atoms with van der Waals surface area (Å²) < 4.78 is 5.29. The normalized spacial score (nSPS) is 11.7. The number of oxime groups is 1. The fraction of sp³-hybridized carbons (Fsp3) is 0.375. The minimum Gasteiger partial charge on any atom is -0.460 e. The van der Waals surface area contributed by atoms with Crippen LogP contribution in [-0.4, -0.2) is 12.8 Å². The van der Waals surface area contributed by atoms with E-state index in [1.54, 1.807) is 0 Å². The van der Waals surface area contributed by atoms with Gasteiger partial charge in [0.1, 0.15) is 18.6 Å². The molecule has 3 nitrogen and oxygen atoms in total. The maximum absolute atomic E-state index is 5.29. The maximum atomic E-state index is 5.29. The molecule has 3 heteroatoms. The van der Waals surface area contributed by atoms with Crippen molar-refractivity contribution in [3.8, 4) is 0 Å². The molecule has 0 atom stereocenters. The highest BCUT2D eigenvalue weighted by Gasteiger charge is 2.01. The van der Waals surface area contributed by atoms with Crippen molar-refractivity contribution >= 4 is 5.71 Å². The van der Waals surface area contributed by atoms with Gasteiger partial charge in [0.25, 0.3) is 0 Å². The quantitative estimate of drug-likeness (QED) is 0.480. The number of nitrogens with zero attached hydrogens (tertiary/aromatic N) is 1. The molecule has 0 saturated carbocycles. The van der Waals surface area contributed by atoms with E-state index < -0.39 is 0 Å². The third-order valence-corrected chi connectivity index (χ3v) is 1.33. The second-order valence-electron chi connectivity index (χ2n) is 2.27. The van der Waals surface area contributed by atoms with E-state index in [9.17, 15) is 0 Å². The number of furan rings is 1. The molecule has 1 heterocycles. The van der Waals surface area contributed by atoms with Gasteiger partial charge in [-0.15, -0.1) is 0 Å². The largest absolute Gasteiger partial charge is 0.460 e. The zero-order valence-electron chi connectivity index (χ0n) is 6.92. The van der Waals surface area contributed by atoms with Crippen LogP contribution in [-0.2, 0) is 4.84 Å². The molecule has 0 unspecified atom stereocenters. The van der Waals surface area contributed by atoms with E-state index in [0.29, 0.717) is 0 Å². The Labute approximate surface area is 65.6 Å². The minimum atomic E-state index is 0.751. The van der Waals surface area contributed by atoms with E-state index in [2.05, 4.69) is 9.99 Å². The molecule has 0 fully saturated rings. The van der Waals surface area contributed by atoms with E-state index in [1.165, 1.54) is 7.11 Å². The average Bonchev–Trinajstić information content (AvgIpc) is 2.36. The lowest BCUT2D eigenvalue weighted by Gasteiger charge is -1.92. The van der Waals surface area contributed by atoms with E-state index in [0.717, 1.165) is 17.2 Å². The predicted molar refractivity (Wildman–Crippen MR) is 42.7 cm³/mol. The lowest BCUT2D eigenvalue weighted by Crippen LogP contribution is -1.91. The molecule has 0 spiro atoms. The topological polar surface area (TPSA) is 34.7 Å². The van der Waals surface area contributed by atoms with Crippen molar-refractivity contribution in [2.24, 2.45) is 5.16 Å². The predicted octanol–water partition coefficient (Wildman–Crippen LogP) is 1.96. The fourth-order valence-electron chi connectivity index (χ4n) is 0.811. The van der Waals surface area contributed by atoms with Crippen molar-refractivity contribution in [3.63, 3.8) is 0 Å². The summed E-state index contributed by atoms with van der Waals surface area (Å²) in [5.41, 5.74) is 0.751. The van der Waals surface area contributed by atoms with Crippen LogP contribution in [0.5, 0.6) is 0 Å². The first kappa shape index (κ1) is 7.85. The molecule has 1 rings (SSSR count). The van der Waals surface area contributed by atoms with Gasteiger partial charge in [0.05, 0.1) is 0 Å². The number of hydrogen-bond donors (Lipinski definition) is 0. The first-order valence-electron chi connectivity index (χ1n) is 3.38. The van der Waals surface area contributed by atoms with E-state index >= 15 is 0 Å². The molecule has 11 heavy (non-hydrogen) atoms. The average molecular weight is 153 g/mol. The Morgan fingerprint density at radius 3 is 2.73 bits per heavy atom. The van der Waals surface area contributed by atoms with Crippen LogP contribution < -0.4 is 0 Å². The highest BCUT2D eigenvalue weighted by Crippen LogP contribution is 2.07. The molecular formula is C8H11NO2. The first-order valence-corrected chi connectivity index (χ1v) is 3.38. The molecule has 0 bridgehead atoms. The highest BCUT2D eigenvalue weighted by atomic mass is 16.6. The van der Waals surface area contributed by atoms with Gasteiger partial charge in [-0.05, 0) is 26.0 Å². The molecule has 0 aliphatic carbocycles. The van der Waals surface area contributed by atoms with E-state index in [4.69, 9.17) is 4.42 Å². The first-order chi connectivity index (χ1) is 5.24. The zero-order chi connectivity index (χ0) is 8.27. The molecule has 0 saturated heterocycles. The van der Waals surface area contributed by atoms with Gasteiger partial charge >= 0.3 is 0 Å². The molecule has 0 aliphatic heterocycles. The van der Waals surface area contributed by atoms with Gasteiger partial charge in [0, 0.05) is 0 Å². The maximum Gasteiger partial charge on any atom is 0.151 e. The number of hydrogen-bond acceptors (Lipinski definition) is 3. The SMILES string of the molecule is CO/N=C(/C)c1ccc(C)o1. The summed E-state index contributed by atoms with van der Waals surface area (Å²) in [4.78, 5) is 4.60. The highest BCUT2D eigenvalue weighted by molar-refractivity contribution is 5.95. The van der Waals surface area contributed by atoms with Crippen LogP contribution in [0.15, 0.2) is 21.7 Å². The van der Waals surface area contributed by atoms with Crippen LogP contribution in [0, 0.1) is 6.92 Å². The van der Waals surface area contributed by atoms with Crippen LogP contribution in [0.3, 0.4) is 0 Å². The summed E-state index contributed by atoms with van der Waals surface area (Å²) in [6, 6.07) is 3.76. The van der Waals surface area contributed by atoms with Crippen LogP contribution in [0.2, 0.25) is 0 Å². The Morgan fingerprint density at radius 2 is 2.27 bits per heavy atom. The van der Waals surface area contributed by atoms with Crippen molar-refractivity contribution in [3.05, 3.63) is 23.7 Å². The van der Waals surface area contributed by atoms with Crippen molar-refractivity contribution < 1.29 is 9.25 Å². The van der Waals surface area contributed by atoms with Crippen LogP contribution in [0.25, 0.3) is 0 Å². The summed E-state index contributed by atoms with van der Waals surface area (Å²) in [6.07, 6.45) is 0. The summed E-state index contributed by atoms with van der Waals surface area (Å²) >= 11 is 0. The number of aryl methyl sites for hydroxylation is 1. The summed E-state index contributed by atoms with van der Waals surface area (Å²) in [6.45, 7) is 3.73. The third-order valence-electron chi connectivity index (χ3n) is 1.33. The number of rotatable bonds is 2. The van der Waals surface area contributed by atoms with Crippen molar-refractivity contribution in [1.29, 1.82) is 0 Å². The molecule has 0 N–H and O–H groups in total. The third kappa shape index (κ3) is 1.83. The van der Waals surface area contributed by atoms with E-state index in [1.807, 2.05) is 26.0 Å². The Hall–Kier alpha value is -1.25. The van der Waals surface area contributed by atoms with Gasteiger partial charge < -0.3 is 9.25 Å². The van der Waals surface area contributed by atoms with Gasteiger partial charge in [0.2, 0.25) is 0 Å². The van der Waals surface area contributed by atoms with Gasteiger partial charge in [0.15, 0.2) is 5.76 Å². The molecule has 1 aromatic heterocycles. The molecule has 1 aromatic rings. The molecule has 0 aromatic carbocycles. The van der Waals surface area contributed by atoms with Crippen LogP contribution >= 0.6 is 0 Å². The molecule has 0 radical (unpaired) electrons. The lowest BCUT2D eigenvalue weighted by molar-refractivity contribution is 0.213. The van der Waals surface area contributed by atoms with E-state index in [-0.39, 0.29) is 0 Å². The second-order valence-corrected chi connectivity index (χ2v) is 2.27. The van der Waals surface area contributed by atoms with Crippen LogP contribution in [0.1, 0.15) is 18.4 Å². The molecule has 0 aliphatic rings. The smallest absolute Gasteiger partial charge is 0.151 e. The van der Waals surface area contributed by atoms with Gasteiger partial charge in [-0.1, -0.05) is 5.16 Å². The standard InChI is InChI=1S/C8H11NO2/c1-6-4-5-8(11-6)7(2)9-10-3/h4-5H,1-3H3/b9-7-. The molecule has 0 amide bonds. The van der Waals surface area contributed by atoms with Gasteiger partial charge in [-0.2, -0.15) is 0 Å². The van der Waals surface area contributed by atoms with Crippen molar-refractivity contribution in [1.82, 2.24) is 0 Å². The van der Waals surface area contributed by atoms with Crippen molar-refractivity contribution in [2.45, 2.75) is 13.8 Å². The lowest BCUT2D eigenvalue weighted by atomic mass is 10.3. The fourth-order valence-corrected chi connectivity index (χ4v) is 0.811. The van der Waals surface area contributed by atoms with Crippen LogP contribution in [0.4, 0.5) is 0 Å². The summed E-state index contributed by atoms with van der Waals surface area (Å²) in [5, 5.41) is 3.73. The summed E-state index contributed by atoms with van der Waals surface area (Å²) in [5.74, 6) is 1.63. The van der Waals surface area contributed by atoms with Crippen molar-refractivity contribution in [2.75, 3.05) is 7.11 Å². The monoisotopic (exact) mass is 153 g/mol. The summed E-state index contributed by atoms with van der Waals surface area (Å²) in [7, 11) is 1.51. The Kier molecular flexibility index (Phi) is 2.31. The Balaban J connectivity index is 2.84. The Bertz CT molecular complexity index is 263. The van der Waals surface area contributed by atoms with Gasteiger partial charge in [-0.3, -0.25) is 0 Å². The zero-order valence-corrected chi connectivity index (χ0v) is 6.92. The van der Waals surface area contributed by atoms with Gasteiger partial charge in [-0.25, -0.2) is 0 Å². The Morgan fingerprint density at radius 1 is 1.55 bits per heavy atom.